The van der Waals surface area contributed by atoms with Gasteiger partial charge in [0, 0.05) is 5.57 Å². The van der Waals surface area contributed by atoms with Crippen LogP contribution in [0.5, 0.6) is 5.75 Å². The van der Waals surface area contributed by atoms with Gasteiger partial charge in [-0.25, -0.2) is 0 Å². The Balaban J connectivity index is 2.01. The first kappa shape index (κ1) is 15.4. The van der Waals surface area contributed by atoms with Gasteiger partial charge in [0.05, 0.1) is 11.7 Å². The second-order valence-electron chi connectivity index (χ2n) is 5.16. The van der Waals surface area contributed by atoms with E-state index >= 15 is 0 Å². The number of ether oxygens (including phenoxy) is 1. The number of hydrogen-bond acceptors (Lipinski definition) is 2. The molecule has 0 aromatic heterocycles. The van der Waals surface area contributed by atoms with E-state index in [1.807, 2.05) is 0 Å². The first-order valence-electron chi connectivity index (χ1n) is 6.60. The van der Waals surface area contributed by atoms with Crippen molar-refractivity contribution in [3.8, 4) is 5.75 Å². The summed E-state index contributed by atoms with van der Waals surface area (Å²) in [4.78, 5) is 11.1. The monoisotopic (exact) mass is 299 g/mol. The first-order valence-corrected chi connectivity index (χ1v) is 6.60. The molecule has 0 saturated heterocycles. The van der Waals surface area contributed by atoms with E-state index in [0.29, 0.717) is 24.8 Å². The highest BCUT2D eigenvalue weighted by atomic mass is 19.4. The smallest absolute Gasteiger partial charge is 0.416 e. The molecule has 2 atom stereocenters. The number of benzene rings is 1. The van der Waals surface area contributed by atoms with Crippen molar-refractivity contribution in [2.24, 2.45) is 11.7 Å². The maximum Gasteiger partial charge on any atom is 0.416 e. The van der Waals surface area contributed by atoms with Crippen molar-refractivity contribution in [1.29, 1.82) is 0 Å². The van der Waals surface area contributed by atoms with Crippen molar-refractivity contribution in [2.45, 2.75) is 31.5 Å². The van der Waals surface area contributed by atoms with Gasteiger partial charge in [0.25, 0.3) is 0 Å². The third-order valence-corrected chi connectivity index (χ3v) is 3.66. The van der Waals surface area contributed by atoms with Gasteiger partial charge in [0.1, 0.15) is 5.75 Å². The molecule has 1 saturated carbocycles. The molecular weight excluding hydrogens is 283 g/mol. The van der Waals surface area contributed by atoms with E-state index in [2.05, 4.69) is 6.58 Å². The molecule has 114 valence electrons. The van der Waals surface area contributed by atoms with Crippen LogP contribution in [0.25, 0.3) is 0 Å². The highest BCUT2D eigenvalue weighted by Gasteiger charge is 2.32. The second-order valence-corrected chi connectivity index (χ2v) is 5.16. The van der Waals surface area contributed by atoms with E-state index in [0.717, 1.165) is 12.1 Å². The van der Waals surface area contributed by atoms with Crippen LogP contribution in [0.4, 0.5) is 13.2 Å². The Morgan fingerprint density at radius 1 is 1.33 bits per heavy atom. The largest absolute Gasteiger partial charge is 0.490 e. The summed E-state index contributed by atoms with van der Waals surface area (Å²) in [6.45, 7) is 3.65. The van der Waals surface area contributed by atoms with E-state index in [-0.39, 0.29) is 17.8 Å². The molecule has 2 rings (SSSR count). The van der Waals surface area contributed by atoms with E-state index in [9.17, 15) is 18.0 Å². The number of carbonyl (C=O) groups is 1. The zero-order valence-electron chi connectivity index (χ0n) is 11.3. The number of halogens is 3. The van der Waals surface area contributed by atoms with Crippen molar-refractivity contribution < 1.29 is 22.7 Å². The Morgan fingerprint density at radius 2 is 2.05 bits per heavy atom. The van der Waals surface area contributed by atoms with Gasteiger partial charge in [-0.05, 0) is 43.4 Å². The highest BCUT2D eigenvalue weighted by Crippen LogP contribution is 2.35. The fourth-order valence-electron chi connectivity index (χ4n) is 2.50. The molecule has 2 N–H and O–H groups in total. The van der Waals surface area contributed by atoms with Crippen molar-refractivity contribution in [3.05, 3.63) is 42.0 Å². The lowest BCUT2D eigenvalue weighted by molar-refractivity contribution is -0.137. The maximum atomic E-state index is 12.6. The van der Waals surface area contributed by atoms with Crippen LogP contribution in [-0.4, -0.2) is 12.0 Å². The molecule has 1 amide bonds. The summed E-state index contributed by atoms with van der Waals surface area (Å²) in [6, 6.07) is 4.79. The predicted octanol–water partition coefficient (Wildman–Crippen LogP) is 3.29. The SMILES string of the molecule is C=C(C(N)=O)[C@H]1CC[C@@H](Oc2cccc(C(F)(F)F)c2)C1. The lowest BCUT2D eigenvalue weighted by Gasteiger charge is -2.16. The summed E-state index contributed by atoms with van der Waals surface area (Å²) in [7, 11) is 0. The van der Waals surface area contributed by atoms with Gasteiger partial charge in [-0.15, -0.1) is 0 Å². The Kier molecular flexibility index (Phi) is 4.25. The molecule has 0 heterocycles. The van der Waals surface area contributed by atoms with Gasteiger partial charge in [-0.3, -0.25) is 4.79 Å². The lowest BCUT2D eigenvalue weighted by Crippen LogP contribution is -2.19. The fraction of sp³-hybridized carbons (Fsp3) is 0.400. The van der Waals surface area contributed by atoms with E-state index < -0.39 is 17.6 Å². The summed E-state index contributed by atoms with van der Waals surface area (Å²) in [5.74, 6) is -0.418. The molecule has 1 fully saturated rings. The third-order valence-electron chi connectivity index (χ3n) is 3.66. The van der Waals surface area contributed by atoms with Gasteiger partial charge >= 0.3 is 6.18 Å². The van der Waals surface area contributed by atoms with Crippen LogP contribution in [0.1, 0.15) is 24.8 Å². The molecule has 6 heteroatoms. The standard InChI is InChI=1S/C15H16F3NO2/c1-9(14(19)20)10-5-6-13(7-10)21-12-4-2-3-11(8-12)15(16,17)18/h2-4,8,10,13H,1,5-7H2,(H2,19,20)/t10-,13+/m0/s1. The minimum Gasteiger partial charge on any atom is -0.490 e. The molecule has 0 aliphatic heterocycles. The first-order chi connectivity index (χ1) is 9.77. The van der Waals surface area contributed by atoms with Crippen LogP contribution in [-0.2, 0) is 11.0 Å². The average molecular weight is 299 g/mol. The Morgan fingerprint density at radius 3 is 2.67 bits per heavy atom. The quantitative estimate of drug-likeness (QED) is 0.867. The number of hydrogen-bond donors (Lipinski definition) is 1. The number of alkyl halides is 3. The summed E-state index contributed by atoms with van der Waals surface area (Å²) in [5.41, 5.74) is 4.79. The zero-order chi connectivity index (χ0) is 15.6. The summed E-state index contributed by atoms with van der Waals surface area (Å²) in [5, 5.41) is 0. The molecule has 1 aromatic rings. The molecule has 1 aliphatic rings. The average Bonchev–Trinajstić information content (AvgIpc) is 2.85. The Labute approximate surface area is 120 Å². The van der Waals surface area contributed by atoms with Gasteiger partial charge in [0.2, 0.25) is 5.91 Å². The number of nitrogens with two attached hydrogens (primary N) is 1. The molecule has 21 heavy (non-hydrogen) atoms. The normalized spacial score (nSPS) is 22.0. The van der Waals surface area contributed by atoms with Crippen molar-refractivity contribution >= 4 is 5.91 Å². The van der Waals surface area contributed by atoms with Crippen LogP contribution >= 0.6 is 0 Å². The number of amides is 1. The highest BCUT2D eigenvalue weighted by molar-refractivity contribution is 5.91. The molecule has 0 radical (unpaired) electrons. The van der Waals surface area contributed by atoms with Gasteiger partial charge in [-0.2, -0.15) is 13.2 Å². The maximum absolute atomic E-state index is 12.6. The third kappa shape index (κ3) is 3.77. The minimum absolute atomic E-state index is 0.0571. The van der Waals surface area contributed by atoms with Crippen molar-refractivity contribution in [1.82, 2.24) is 0 Å². The second kappa shape index (κ2) is 5.79. The summed E-state index contributed by atoms with van der Waals surface area (Å²) < 4.78 is 43.4. The zero-order valence-corrected chi connectivity index (χ0v) is 11.3. The topological polar surface area (TPSA) is 52.3 Å². The predicted molar refractivity (Wildman–Crippen MR) is 71.5 cm³/mol. The molecule has 0 bridgehead atoms. The lowest BCUT2D eigenvalue weighted by atomic mass is 9.98. The Hall–Kier alpha value is -1.98. The van der Waals surface area contributed by atoms with Crippen LogP contribution in [0.3, 0.4) is 0 Å². The molecule has 0 unspecified atom stereocenters. The van der Waals surface area contributed by atoms with Crippen molar-refractivity contribution in [2.75, 3.05) is 0 Å². The number of carbonyl (C=O) groups excluding carboxylic acids is 1. The van der Waals surface area contributed by atoms with Crippen LogP contribution in [0.15, 0.2) is 36.4 Å². The van der Waals surface area contributed by atoms with Gasteiger partial charge in [-0.1, -0.05) is 12.6 Å². The van der Waals surface area contributed by atoms with Crippen LogP contribution < -0.4 is 10.5 Å². The summed E-state index contributed by atoms with van der Waals surface area (Å²) >= 11 is 0. The van der Waals surface area contributed by atoms with Gasteiger partial charge in [0.15, 0.2) is 0 Å². The number of primary amides is 1. The number of rotatable bonds is 4. The molecule has 0 spiro atoms. The minimum atomic E-state index is -4.39. The van der Waals surface area contributed by atoms with Crippen molar-refractivity contribution in [3.63, 3.8) is 0 Å². The van der Waals surface area contributed by atoms with Gasteiger partial charge < -0.3 is 10.5 Å². The molecule has 1 aromatic carbocycles. The van der Waals surface area contributed by atoms with Crippen LogP contribution in [0.2, 0.25) is 0 Å². The fourth-order valence-corrected chi connectivity index (χ4v) is 2.50. The van der Waals surface area contributed by atoms with E-state index in [1.54, 1.807) is 0 Å². The van der Waals surface area contributed by atoms with E-state index in [1.165, 1.54) is 12.1 Å². The summed E-state index contributed by atoms with van der Waals surface area (Å²) in [6.07, 6.45) is -2.72. The molecule has 1 aliphatic carbocycles. The van der Waals surface area contributed by atoms with Crippen LogP contribution in [0, 0.1) is 5.92 Å². The Bertz CT molecular complexity index is 554. The molecular formula is C15H16F3NO2. The van der Waals surface area contributed by atoms with E-state index in [4.69, 9.17) is 10.5 Å². The molecule has 3 nitrogen and oxygen atoms in total.